The lowest BCUT2D eigenvalue weighted by Crippen LogP contribution is -2.17. The number of rotatable bonds is 6. The van der Waals surface area contributed by atoms with E-state index in [9.17, 15) is 9.90 Å². The molecule has 0 amide bonds. The van der Waals surface area contributed by atoms with Crippen molar-refractivity contribution in [3.8, 4) is 0 Å². The van der Waals surface area contributed by atoms with Crippen LogP contribution in [-0.2, 0) is 9.53 Å². The first-order valence-electron chi connectivity index (χ1n) is 5.85. The molecular weight excluding hydrogens is 250 g/mol. The maximum atomic E-state index is 11.2. The van der Waals surface area contributed by atoms with Gasteiger partial charge in [-0.05, 0) is 37.6 Å². The number of ether oxygens (including phenoxy) is 1. The number of aryl methyl sites for hydroxylation is 1. The molecule has 0 fully saturated rings. The Bertz CT molecular complexity index is 409. The number of carbonyl (C=O) groups excluding carboxylic acids is 1. The molecule has 0 radical (unpaired) electrons. The molecule has 5 heteroatoms. The van der Waals surface area contributed by atoms with Gasteiger partial charge in [0.05, 0.1) is 19.1 Å². The van der Waals surface area contributed by atoms with Crippen molar-refractivity contribution >= 4 is 23.4 Å². The van der Waals surface area contributed by atoms with Gasteiger partial charge in [-0.2, -0.15) is 0 Å². The Labute approximate surface area is 112 Å². The average Bonchev–Trinajstić information content (AvgIpc) is 2.28. The van der Waals surface area contributed by atoms with E-state index in [1.54, 1.807) is 6.92 Å². The van der Waals surface area contributed by atoms with Crippen LogP contribution in [0.4, 0.5) is 5.69 Å². The minimum atomic E-state index is -0.689. The maximum absolute atomic E-state index is 11.2. The molecule has 1 unspecified atom stereocenters. The van der Waals surface area contributed by atoms with E-state index in [4.69, 9.17) is 10.5 Å². The molecule has 100 valence electrons. The quantitative estimate of drug-likeness (QED) is 0.469. The second-order valence-electron chi connectivity index (χ2n) is 4.00. The second-order valence-corrected chi connectivity index (χ2v) is 5.06. The predicted molar refractivity (Wildman–Crippen MR) is 73.6 cm³/mol. The molecule has 0 aliphatic carbocycles. The summed E-state index contributed by atoms with van der Waals surface area (Å²) in [6.45, 7) is 4.06. The van der Waals surface area contributed by atoms with Crippen molar-refractivity contribution in [3.63, 3.8) is 0 Å². The third kappa shape index (κ3) is 4.98. The summed E-state index contributed by atoms with van der Waals surface area (Å²) in [5.74, 6) is 0.100. The van der Waals surface area contributed by atoms with Crippen molar-refractivity contribution in [2.75, 3.05) is 18.1 Å². The zero-order valence-corrected chi connectivity index (χ0v) is 11.5. The zero-order chi connectivity index (χ0) is 13.5. The Morgan fingerprint density at radius 3 is 2.89 bits per heavy atom. The first kappa shape index (κ1) is 14.9. The third-order valence-electron chi connectivity index (χ3n) is 2.34. The fraction of sp³-hybridized carbons (Fsp3) is 0.462. The van der Waals surface area contributed by atoms with Crippen LogP contribution in [0, 0.1) is 6.92 Å². The SMILES string of the molecule is CCOC(=O)CC(O)CSc1ccc(N)cc1C. The number of esters is 1. The predicted octanol–water partition coefficient (Wildman–Crippen LogP) is 1.98. The third-order valence-corrected chi connectivity index (χ3v) is 3.66. The van der Waals surface area contributed by atoms with E-state index >= 15 is 0 Å². The molecule has 0 heterocycles. The lowest BCUT2D eigenvalue weighted by Gasteiger charge is -2.11. The van der Waals surface area contributed by atoms with E-state index in [1.807, 2.05) is 25.1 Å². The van der Waals surface area contributed by atoms with Crippen molar-refractivity contribution in [3.05, 3.63) is 23.8 Å². The molecule has 1 rings (SSSR count). The number of anilines is 1. The van der Waals surface area contributed by atoms with Crippen LogP contribution in [0.25, 0.3) is 0 Å². The summed E-state index contributed by atoms with van der Waals surface area (Å²) in [5.41, 5.74) is 7.46. The van der Waals surface area contributed by atoms with Gasteiger partial charge in [0.25, 0.3) is 0 Å². The number of aliphatic hydroxyl groups is 1. The number of carbonyl (C=O) groups is 1. The monoisotopic (exact) mass is 269 g/mol. The number of hydrogen-bond donors (Lipinski definition) is 2. The van der Waals surface area contributed by atoms with Crippen LogP contribution in [0.15, 0.2) is 23.1 Å². The van der Waals surface area contributed by atoms with E-state index < -0.39 is 6.10 Å². The number of aliphatic hydroxyl groups excluding tert-OH is 1. The van der Waals surface area contributed by atoms with Gasteiger partial charge in [0.2, 0.25) is 0 Å². The number of nitrogen functional groups attached to an aromatic ring is 1. The fourth-order valence-electron chi connectivity index (χ4n) is 1.49. The Balaban J connectivity index is 2.42. The number of hydrogen-bond acceptors (Lipinski definition) is 5. The van der Waals surface area contributed by atoms with Crippen molar-refractivity contribution in [1.29, 1.82) is 0 Å². The highest BCUT2D eigenvalue weighted by atomic mass is 32.2. The van der Waals surface area contributed by atoms with Gasteiger partial charge in [0.1, 0.15) is 0 Å². The summed E-state index contributed by atoms with van der Waals surface area (Å²) in [5, 5.41) is 9.71. The van der Waals surface area contributed by atoms with Crippen molar-refractivity contribution in [1.82, 2.24) is 0 Å². The van der Waals surface area contributed by atoms with Gasteiger partial charge in [-0.25, -0.2) is 0 Å². The standard InChI is InChI=1S/C13H19NO3S/c1-3-17-13(16)7-11(15)8-18-12-5-4-10(14)6-9(12)2/h4-6,11,15H,3,7-8,14H2,1-2H3. The van der Waals surface area contributed by atoms with Gasteiger partial charge in [0, 0.05) is 16.3 Å². The van der Waals surface area contributed by atoms with Gasteiger partial charge >= 0.3 is 5.97 Å². The minimum absolute atomic E-state index is 0.0366. The van der Waals surface area contributed by atoms with Crippen LogP contribution in [0.5, 0.6) is 0 Å². The highest BCUT2D eigenvalue weighted by Gasteiger charge is 2.12. The van der Waals surface area contributed by atoms with E-state index in [0.717, 1.165) is 16.1 Å². The van der Waals surface area contributed by atoms with Crippen molar-refractivity contribution < 1.29 is 14.6 Å². The van der Waals surface area contributed by atoms with E-state index in [0.29, 0.717) is 12.4 Å². The topological polar surface area (TPSA) is 72.5 Å². The van der Waals surface area contributed by atoms with Gasteiger partial charge < -0.3 is 15.6 Å². The Morgan fingerprint density at radius 2 is 2.28 bits per heavy atom. The molecule has 0 bridgehead atoms. The van der Waals surface area contributed by atoms with E-state index in [1.165, 1.54) is 11.8 Å². The van der Waals surface area contributed by atoms with Gasteiger partial charge in [-0.3, -0.25) is 4.79 Å². The van der Waals surface area contributed by atoms with Gasteiger partial charge in [-0.1, -0.05) is 0 Å². The summed E-state index contributed by atoms with van der Waals surface area (Å²) in [6.07, 6.45) is -0.652. The molecule has 1 atom stereocenters. The molecule has 4 nitrogen and oxygen atoms in total. The molecule has 0 aromatic heterocycles. The molecule has 0 aliphatic rings. The molecule has 0 aliphatic heterocycles. The average molecular weight is 269 g/mol. The summed E-state index contributed by atoms with van der Waals surface area (Å²) >= 11 is 1.51. The smallest absolute Gasteiger partial charge is 0.308 e. The molecule has 0 saturated carbocycles. The molecule has 18 heavy (non-hydrogen) atoms. The summed E-state index contributed by atoms with van der Waals surface area (Å²) in [4.78, 5) is 12.2. The van der Waals surface area contributed by atoms with E-state index in [-0.39, 0.29) is 12.4 Å². The largest absolute Gasteiger partial charge is 0.466 e. The molecule has 0 saturated heterocycles. The number of nitrogens with two attached hydrogens (primary N) is 1. The van der Waals surface area contributed by atoms with Crippen LogP contribution >= 0.6 is 11.8 Å². The lowest BCUT2D eigenvalue weighted by atomic mass is 10.2. The van der Waals surface area contributed by atoms with Crippen LogP contribution in [-0.4, -0.2) is 29.5 Å². The van der Waals surface area contributed by atoms with Gasteiger partial charge in [0.15, 0.2) is 0 Å². The highest BCUT2D eigenvalue weighted by Crippen LogP contribution is 2.25. The molecule has 3 N–H and O–H groups in total. The van der Waals surface area contributed by atoms with Crippen molar-refractivity contribution in [2.24, 2.45) is 0 Å². The van der Waals surface area contributed by atoms with Crippen LogP contribution < -0.4 is 5.73 Å². The van der Waals surface area contributed by atoms with Crippen LogP contribution in [0.3, 0.4) is 0 Å². The Kier molecular flexibility index (Phi) is 6.01. The first-order chi connectivity index (χ1) is 8.52. The lowest BCUT2D eigenvalue weighted by molar-refractivity contribution is -0.144. The normalized spacial score (nSPS) is 12.2. The summed E-state index contributed by atoms with van der Waals surface area (Å²) < 4.78 is 4.78. The van der Waals surface area contributed by atoms with Crippen molar-refractivity contribution in [2.45, 2.75) is 31.3 Å². The zero-order valence-electron chi connectivity index (χ0n) is 10.7. The highest BCUT2D eigenvalue weighted by molar-refractivity contribution is 7.99. The minimum Gasteiger partial charge on any atom is -0.466 e. The molecule has 0 spiro atoms. The maximum Gasteiger partial charge on any atom is 0.308 e. The van der Waals surface area contributed by atoms with E-state index in [2.05, 4.69) is 0 Å². The number of benzene rings is 1. The first-order valence-corrected chi connectivity index (χ1v) is 6.84. The summed E-state index contributed by atoms with van der Waals surface area (Å²) in [6, 6.07) is 5.64. The van der Waals surface area contributed by atoms with Crippen LogP contribution in [0.1, 0.15) is 18.9 Å². The van der Waals surface area contributed by atoms with Gasteiger partial charge in [-0.15, -0.1) is 11.8 Å². The second kappa shape index (κ2) is 7.28. The van der Waals surface area contributed by atoms with Crippen LogP contribution in [0.2, 0.25) is 0 Å². The fourth-order valence-corrected chi connectivity index (χ4v) is 2.43. The Hall–Kier alpha value is -1.20. The molecule has 1 aromatic rings. The Morgan fingerprint density at radius 1 is 1.56 bits per heavy atom. The number of thioether (sulfide) groups is 1. The summed E-state index contributed by atoms with van der Waals surface area (Å²) in [7, 11) is 0. The molecule has 1 aromatic carbocycles. The molecular formula is C13H19NO3S.